The highest BCUT2D eigenvalue weighted by Crippen LogP contribution is 2.25. The smallest absolute Gasteiger partial charge is 0.303 e. The van der Waals surface area contributed by atoms with Gasteiger partial charge in [-0.25, -0.2) is 9.97 Å². The molecule has 2 N–H and O–H groups in total. The lowest BCUT2D eigenvalue weighted by Crippen LogP contribution is -2.46. The van der Waals surface area contributed by atoms with Crippen LogP contribution in [0.15, 0.2) is 60.8 Å². The van der Waals surface area contributed by atoms with Crippen LogP contribution in [-0.2, 0) is 11.2 Å². The van der Waals surface area contributed by atoms with Gasteiger partial charge in [-0.3, -0.25) is 4.79 Å². The normalized spacial score (nSPS) is 14.1. The molecule has 168 valence electrons. The summed E-state index contributed by atoms with van der Waals surface area (Å²) in [5, 5.41) is 9.51. The van der Waals surface area contributed by atoms with E-state index in [1.165, 1.54) is 5.69 Å². The van der Waals surface area contributed by atoms with Crippen LogP contribution in [-0.4, -0.2) is 52.2 Å². The summed E-state index contributed by atoms with van der Waals surface area (Å²) in [6.45, 7) is 3.58. The molecule has 2 aromatic heterocycles. The summed E-state index contributed by atoms with van der Waals surface area (Å²) in [5.74, 6) is 0.976. The molecule has 0 aliphatic carbocycles. The van der Waals surface area contributed by atoms with E-state index in [2.05, 4.69) is 36.9 Å². The van der Waals surface area contributed by atoms with Crippen LogP contribution in [0.2, 0.25) is 5.02 Å². The number of carbonyl (C=O) groups is 1. The van der Waals surface area contributed by atoms with E-state index in [0.29, 0.717) is 11.4 Å². The number of aryl methyl sites for hydroxylation is 1. The topological polar surface area (TPSA) is 85.4 Å². The van der Waals surface area contributed by atoms with E-state index < -0.39 is 5.97 Å². The maximum atomic E-state index is 10.7. The molecule has 33 heavy (non-hydrogen) atoms. The second-order valence-electron chi connectivity index (χ2n) is 8.19. The van der Waals surface area contributed by atoms with E-state index >= 15 is 0 Å². The third-order valence-corrected chi connectivity index (χ3v) is 6.23. The molecule has 1 aliphatic rings. The minimum absolute atomic E-state index is 0.161. The molecule has 0 spiro atoms. The zero-order valence-electron chi connectivity index (χ0n) is 18.0. The molecule has 4 aromatic rings. The zero-order chi connectivity index (χ0) is 22.8. The number of piperazine rings is 1. The number of aliphatic carboxylic acids is 1. The number of H-pyrrole nitrogens is 1. The summed E-state index contributed by atoms with van der Waals surface area (Å²) in [6, 6.07) is 17.9. The number of benzene rings is 2. The number of nitrogens with zero attached hydrogens (tertiary/aromatic N) is 4. The summed E-state index contributed by atoms with van der Waals surface area (Å²) >= 11 is 6.07. The Morgan fingerprint density at radius 3 is 2.45 bits per heavy atom. The Hall–Kier alpha value is -3.58. The lowest BCUT2D eigenvalue weighted by Gasteiger charge is -2.36. The number of hydrogen-bond donors (Lipinski definition) is 2. The number of carboxylic acid groups (broad SMARTS) is 1. The Labute approximate surface area is 196 Å². The van der Waals surface area contributed by atoms with Crippen LogP contribution in [0.25, 0.3) is 22.4 Å². The van der Waals surface area contributed by atoms with Crippen LogP contribution in [0.3, 0.4) is 0 Å². The number of nitrogens with one attached hydrogen (secondary N) is 1. The van der Waals surface area contributed by atoms with E-state index in [1.54, 1.807) is 0 Å². The molecule has 1 fully saturated rings. The van der Waals surface area contributed by atoms with Gasteiger partial charge in [-0.2, -0.15) is 0 Å². The van der Waals surface area contributed by atoms with Crippen molar-refractivity contribution in [2.75, 3.05) is 36.0 Å². The van der Waals surface area contributed by atoms with Crippen molar-refractivity contribution >= 4 is 40.1 Å². The molecule has 0 atom stereocenters. The fourth-order valence-corrected chi connectivity index (χ4v) is 4.31. The van der Waals surface area contributed by atoms with Crippen LogP contribution in [0.4, 0.5) is 11.5 Å². The van der Waals surface area contributed by atoms with Gasteiger partial charge in [0.05, 0.1) is 11.0 Å². The molecule has 0 bridgehead atoms. The predicted molar refractivity (Wildman–Crippen MR) is 131 cm³/mol. The van der Waals surface area contributed by atoms with Crippen molar-refractivity contribution in [1.29, 1.82) is 0 Å². The first-order chi connectivity index (χ1) is 16.0. The van der Waals surface area contributed by atoms with E-state index in [0.717, 1.165) is 60.0 Å². The van der Waals surface area contributed by atoms with Crippen LogP contribution >= 0.6 is 11.6 Å². The molecule has 5 rings (SSSR count). The largest absolute Gasteiger partial charge is 0.481 e. The Balaban J connectivity index is 1.20. The monoisotopic (exact) mass is 461 g/mol. The number of pyridine rings is 1. The minimum Gasteiger partial charge on any atom is -0.481 e. The minimum atomic E-state index is -0.764. The molecule has 0 radical (unpaired) electrons. The number of imidazole rings is 1. The standard InChI is InChI=1S/C25H24ClN5O2/c26-19-5-8-21-22(15-19)29-25(28-21)18-4-9-23(27-16-18)31-13-11-30(12-14-31)20-6-1-17(2-7-20)3-10-24(32)33/h1-2,4-9,15-16H,3,10-14H2,(H,28,29)(H,32,33). The third-order valence-electron chi connectivity index (χ3n) is 6.00. The number of aromatic amines is 1. The summed E-state index contributed by atoms with van der Waals surface area (Å²) in [4.78, 5) is 28.0. The Morgan fingerprint density at radius 1 is 1.00 bits per heavy atom. The Bertz CT molecular complexity index is 1260. The Morgan fingerprint density at radius 2 is 1.76 bits per heavy atom. The lowest BCUT2D eigenvalue weighted by atomic mass is 10.1. The first kappa shape index (κ1) is 21.3. The van der Waals surface area contributed by atoms with Crippen LogP contribution < -0.4 is 9.80 Å². The highest BCUT2D eigenvalue weighted by Gasteiger charge is 2.19. The molecule has 2 aromatic carbocycles. The molecule has 1 saturated heterocycles. The molecule has 3 heterocycles. The van der Waals surface area contributed by atoms with Gasteiger partial charge >= 0.3 is 5.97 Å². The fraction of sp³-hybridized carbons (Fsp3) is 0.240. The molecule has 7 nitrogen and oxygen atoms in total. The number of hydrogen-bond acceptors (Lipinski definition) is 5. The zero-order valence-corrected chi connectivity index (χ0v) is 18.8. The fourth-order valence-electron chi connectivity index (χ4n) is 4.15. The number of rotatable bonds is 6. The average Bonchev–Trinajstić information content (AvgIpc) is 3.26. The second kappa shape index (κ2) is 9.11. The molecule has 0 unspecified atom stereocenters. The summed E-state index contributed by atoms with van der Waals surface area (Å²) < 4.78 is 0. The van der Waals surface area contributed by atoms with Crippen molar-refractivity contribution in [1.82, 2.24) is 15.0 Å². The van der Waals surface area contributed by atoms with Gasteiger partial charge in [0.25, 0.3) is 0 Å². The van der Waals surface area contributed by atoms with Crippen LogP contribution in [0.5, 0.6) is 0 Å². The first-order valence-corrected chi connectivity index (χ1v) is 11.4. The Kier molecular flexibility index (Phi) is 5.88. The summed E-state index contributed by atoms with van der Waals surface area (Å²) in [7, 11) is 0. The van der Waals surface area contributed by atoms with Gasteiger partial charge in [-0.1, -0.05) is 23.7 Å². The average molecular weight is 462 g/mol. The highest BCUT2D eigenvalue weighted by atomic mass is 35.5. The van der Waals surface area contributed by atoms with E-state index in [4.69, 9.17) is 16.7 Å². The lowest BCUT2D eigenvalue weighted by molar-refractivity contribution is -0.136. The van der Waals surface area contributed by atoms with E-state index in [-0.39, 0.29) is 6.42 Å². The van der Waals surface area contributed by atoms with Gasteiger partial charge in [0, 0.05) is 55.1 Å². The molecular weight excluding hydrogens is 438 g/mol. The van der Waals surface area contributed by atoms with Gasteiger partial charge in [-0.15, -0.1) is 0 Å². The van der Waals surface area contributed by atoms with Crippen molar-refractivity contribution in [2.45, 2.75) is 12.8 Å². The quantitative estimate of drug-likeness (QED) is 0.435. The number of fused-ring (bicyclic) bond motifs is 1. The van der Waals surface area contributed by atoms with Gasteiger partial charge in [0.15, 0.2) is 0 Å². The maximum absolute atomic E-state index is 10.7. The highest BCUT2D eigenvalue weighted by molar-refractivity contribution is 6.31. The number of carboxylic acids is 1. The molecule has 1 aliphatic heterocycles. The first-order valence-electron chi connectivity index (χ1n) is 11.0. The summed E-state index contributed by atoms with van der Waals surface area (Å²) in [6.07, 6.45) is 2.58. The number of anilines is 2. The van der Waals surface area contributed by atoms with Gasteiger partial charge in [-0.05, 0) is 54.4 Å². The molecule has 8 heteroatoms. The SMILES string of the molecule is O=C(O)CCc1ccc(N2CCN(c3ccc(-c4nc5cc(Cl)ccc5[nH]4)cn3)CC2)cc1. The third kappa shape index (κ3) is 4.78. The summed E-state index contributed by atoms with van der Waals surface area (Å²) in [5.41, 5.74) is 4.95. The van der Waals surface area contributed by atoms with Crippen molar-refractivity contribution < 1.29 is 9.90 Å². The number of aromatic nitrogens is 3. The van der Waals surface area contributed by atoms with E-state index in [9.17, 15) is 4.79 Å². The van der Waals surface area contributed by atoms with Crippen molar-refractivity contribution in [2.24, 2.45) is 0 Å². The van der Waals surface area contributed by atoms with Gasteiger partial charge < -0.3 is 19.9 Å². The number of halogens is 1. The molecular formula is C25H24ClN5O2. The predicted octanol–water partition coefficient (Wildman–Crippen LogP) is 4.62. The van der Waals surface area contributed by atoms with Gasteiger partial charge in [0.1, 0.15) is 11.6 Å². The maximum Gasteiger partial charge on any atom is 0.303 e. The van der Waals surface area contributed by atoms with Crippen LogP contribution in [0, 0.1) is 0 Å². The second-order valence-corrected chi connectivity index (χ2v) is 8.62. The van der Waals surface area contributed by atoms with Crippen molar-refractivity contribution in [3.8, 4) is 11.4 Å². The molecule has 0 amide bonds. The van der Waals surface area contributed by atoms with Gasteiger partial charge in [0.2, 0.25) is 0 Å². The van der Waals surface area contributed by atoms with Crippen LogP contribution in [0.1, 0.15) is 12.0 Å². The van der Waals surface area contributed by atoms with E-state index in [1.807, 2.05) is 48.7 Å². The van der Waals surface area contributed by atoms with Crippen molar-refractivity contribution in [3.05, 3.63) is 71.4 Å². The van der Waals surface area contributed by atoms with Crippen molar-refractivity contribution in [3.63, 3.8) is 0 Å². The molecule has 0 saturated carbocycles.